The van der Waals surface area contributed by atoms with E-state index >= 15 is 0 Å². The van der Waals surface area contributed by atoms with Crippen molar-refractivity contribution in [3.8, 4) is 0 Å². The summed E-state index contributed by atoms with van der Waals surface area (Å²) >= 11 is 0. The second-order valence-corrected chi connectivity index (χ2v) is 7.11. The number of benzene rings is 1. The molecular weight excluding hydrogens is 258 g/mol. The van der Waals surface area contributed by atoms with E-state index in [2.05, 4.69) is 45.1 Å². The summed E-state index contributed by atoms with van der Waals surface area (Å²) in [7, 11) is 0. The predicted molar refractivity (Wildman–Crippen MR) is 87.4 cm³/mol. The van der Waals surface area contributed by atoms with Gasteiger partial charge in [0.25, 0.3) is 0 Å². The van der Waals surface area contributed by atoms with Crippen LogP contribution >= 0.6 is 0 Å². The van der Waals surface area contributed by atoms with Crippen molar-refractivity contribution in [1.29, 1.82) is 0 Å². The van der Waals surface area contributed by atoms with Crippen molar-refractivity contribution in [2.24, 2.45) is 0 Å². The highest BCUT2D eigenvalue weighted by Crippen LogP contribution is 2.39. The quantitative estimate of drug-likeness (QED) is 0.675. The lowest BCUT2D eigenvalue weighted by Crippen LogP contribution is -2.11. The highest BCUT2D eigenvalue weighted by Gasteiger charge is 2.27. The van der Waals surface area contributed by atoms with Crippen LogP contribution in [0.4, 0.5) is 0 Å². The largest absolute Gasteiger partial charge is 0.439 e. The van der Waals surface area contributed by atoms with Crippen molar-refractivity contribution in [3.05, 3.63) is 40.3 Å². The first-order valence-electron chi connectivity index (χ1n) is 7.87. The Labute approximate surface area is 125 Å². The minimum absolute atomic E-state index is 0.0600. The van der Waals surface area contributed by atoms with Gasteiger partial charge >= 0.3 is 0 Å². The third kappa shape index (κ3) is 1.89. The van der Waals surface area contributed by atoms with E-state index in [9.17, 15) is 0 Å². The van der Waals surface area contributed by atoms with Crippen LogP contribution in [0.3, 0.4) is 0 Å². The van der Waals surface area contributed by atoms with Crippen LogP contribution in [0.15, 0.2) is 16.6 Å². The van der Waals surface area contributed by atoms with E-state index in [-0.39, 0.29) is 5.41 Å². The summed E-state index contributed by atoms with van der Waals surface area (Å²) in [6.45, 7) is 6.47. The number of aromatic nitrogens is 1. The van der Waals surface area contributed by atoms with Crippen molar-refractivity contribution in [1.82, 2.24) is 4.98 Å². The fraction of sp³-hybridized carbons (Fsp3) is 0.421. The first-order valence-corrected chi connectivity index (χ1v) is 7.87. The number of allylic oxidation sites excluding steroid dienone is 2. The minimum atomic E-state index is -0.0600. The number of nitrogens with zero attached hydrogens (tertiary/aromatic N) is 1. The van der Waals surface area contributed by atoms with Crippen LogP contribution in [0.2, 0.25) is 0 Å². The first kappa shape index (κ1) is 12.9. The van der Waals surface area contributed by atoms with E-state index in [1.807, 2.05) is 0 Å². The molecule has 0 unspecified atom stereocenters. The van der Waals surface area contributed by atoms with Crippen LogP contribution in [-0.2, 0) is 18.3 Å². The van der Waals surface area contributed by atoms with Gasteiger partial charge in [-0.3, -0.25) is 0 Å². The van der Waals surface area contributed by atoms with E-state index < -0.39 is 0 Å². The number of hydrogen-bond acceptors (Lipinski definition) is 2. The van der Waals surface area contributed by atoms with Crippen LogP contribution in [0.25, 0.3) is 23.3 Å². The average molecular weight is 279 g/mol. The lowest BCUT2D eigenvalue weighted by atomic mass is 9.84. The molecule has 0 spiro atoms. The SMILES string of the molecule is CC(C)(C)c1nc2c3c(c4c(c2o1)C=CCC4)CCC=C3. The molecule has 4 rings (SSSR count). The number of fused-ring (bicyclic) bond motifs is 6. The van der Waals surface area contributed by atoms with Crippen LogP contribution < -0.4 is 0 Å². The Balaban J connectivity index is 2.12. The average Bonchev–Trinajstić information content (AvgIpc) is 2.93. The fourth-order valence-corrected chi connectivity index (χ4v) is 3.40. The van der Waals surface area contributed by atoms with Crippen LogP contribution in [0.1, 0.15) is 61.8 Å². The molecule has 0 bridgehead atoms. The lowest BCUT2D eigenvalue weighted by Gasteiger charge is -2.20. The third-order valence-electron chi connectivity index (χ3n) is 4.47. The highest BCUT2D eigenvalue weighted by molar-refractivity contribution is 5.94. The molecule has 21 heavy (non-hydrogen) atoms. The van der Waals surface area contributed by atoms with Crippen molar-refractivity contribution < 1.29 is 4.42 Å². The van der Waals surface area contributed by atoms with Gasteiger partial charge in [-0.2, -0.15) is 0 Å². The summed E-state index contributed by atoms with van der Waals surface area (Å²) in [6.07, 6.45) is 13.5. The molecule has 0 saturated carbocycles. The van der Waals surface area contributed by atoms with Crippen molar-refractivity contribution in [3.63, 3.8) is 0 Å². The van der Waals surface area contributed by atoms with Gasteiger partial charge in [-0.05, 0) is 36.8 Å². The zero-order valence-corrected chi connectivity index (χ0v) is 13.0. The summed E-state index contributed by atoms with van der Waals surface area (Å²) in [5, 5.41) is 0. The molecule has 0 atom stereocenters. The Morgan fingerprint density at radius 3 is 2.24 bits per heavy atom. The topological polar surface area (TPSA) is 26.0 Å². The van der Waals surface area contributed by atoms with Gasteiger partial charge in [-0.1, -0.05) is 45.1 Å². The van der Waals surface area contributed by atoms with E-state index in [1.165, 1.54) is 22.3 Å². The maximum Gasteiger partial charge on any atom is 0.200 e. The van der Waals surface area contributed by atoms with Gasteiger partial charge in [0.2, 0.25) is 5.89 Å². The second-order valence-electron chi connectivity index (χ2n) is 7.11. The Kier molecular flexibility index (Phi) is 2.66. The molecule has 0 amide bonds. The van der Waals surface area contributed by atoms with Crippen molar-refractivity contribution in [2.75, 3.05) is 0 Å². The summed E-state index contributed by atoms with van der Waals surface area (Å²) < 4.78 is 6.20. The van der Waals surface area contributed by atoms with Crippen molar-refractivity contribution in [2.45, 2.75) is 51.9 Å². The summed E-state index contributed by atoms with van der Waals surface area (Å²) in [6, 6.07) is 0. The third-order valence-corrected chi connectivity index (χ3v) is 4.47. The van der Waals surface area contributed by atoms with E-state index in [0.717, 1.165) is 42.7 Å². The molecule has 108 valence electrons. The normalized spacial score (nSPS) is 17.1. The minimum Gasteiger partial charge on any atom is -0.439 e. The van der Waals surface area contributed by atoms with E-state index in [4.69, 9.17) is 9.40 Å². The second kappa shape index (κ2) is 4.33. The standard InChI is InChI=1S/C19H21NO/c1-19(2,3)18-20-16-14-10-6-4-8-12(14)13-9-5-7-11-15(13)17(16)21-18/h6-7,10-11H,4-5,8-9H2,1-3H3. The van der Waals surface area contributed by atoms with Crippen LogP contribution in [-0.4, -0.2) is 4.98 Å². The maximum atomic E-state index is 6.20. The van der Waals surface area contributed by atoms with Gasteiger partial charge in [-0.15, -0.1) is 0 Å². The smallest absolute Gasteiger partial charge is 0.200 e. The monoisotopic (exact) mass is 279 g/mol. The summed E-state index contributed by atoms with van der Waals surface area (Å²) in [5.41, 5.74) is 7.53. The first-order chi connectivity index (χ1) is 10.1. The fourth-order valence-electron chi connectivity index (χ4n) is 3.40. The molecule has 2 aliphatic rings. The Morgan fingerprint density at radius 2 is 1.57 bits per heavy atom. The van der Waals surface area contributed by atoms with Gasteiger partial charge in [0, 0.05) is 16.5 Å². The molecule has 0 radical (unpaired) electrons. The number of oxazole rings is 1. The van der Waals surface area contributed by atoms with Crippen LogP contribution in [0, 0.1) is 0 Å². The summed E-state index contributed by atoms with van der Waals surface area (Å²) in [4.78, 5) is 4.85. The molecule has 2 heteroatoms. The van der Waals surface area contributed by atoms with E-state index in [0.29, 0.717) is 0 Å². The lowest BCUT2D eigenvalue weighted by molar-refractivity contribution is 0.410. The molecule has 0 aliphatic heterocycles. The molecule has 0 fully saturated rings. The number of rotatable bonds is 0. The molecular formula is C19H21NO. The molecule has 2 aromatic rings. The van der Waals surface area contributed by atoms with Crippen molar-refractivity contribution >= 4 is 23.3 Å². The Hall–Kier alpha value is -1.83. The van der Waals surface area contributed by atoms with Gasteiger partial charge in [-0.25, -0.2) is 4.98 Å². The van der Waals surface area contributed by atoms with Gasteiger partial charge < -0.3 is 4.42 Å². The zero-order chi connectivity index (χ0) is 14.6. The van der Waals surface area contributed by atoms with Gasteiger partial charge in [0.05, 0.1) is 0 Å². The van der Waals surface area contributed by atoms with E-state index in [1.54, 1.807) is 0 Å². The summed E-state index contributed by atoms with van der Waals surface area (Å²) in [5.74, 6) is 0.839. The van der Waals surface area contributed by atoms with Gasteiger partial charge in [0.15, 0.2) is 5.58 Å². The molecule has 1 aromatic heterocycles. The molecule has 0 saturated heterocycles. The molecule has 2 aliphatic carbocycles. The molecule has 0 N–H and O–H groups in total. The Bertz CT molecular complexity index is 725. The molecule has 1 aromatic carbocycles. The highest BCUT2D eigenvalue weighted by atomic mass is 16.3. The molecule has 2 nitrogen and oxygen atoms in total. The predicted octanol–water partition coefficient (Wildman–Crippen LogP) is 5.04. The molecule has 1 heterocycles. The van der Waals surface area contributed by atoms with Crippen LogP contribution in [0.5, 0.6) is 0 Å². The Morgan fingerprint density at radius 1 is 0.952 bits per heavy atom. The zero-order valence-electron chi connectivity index (χ0n) is 13.0. The number of hydrogen-bond donors (Lipinski definition) is 0. The van der Waals surface area contributed by atoms with Gasteiger partial charge in [0.1, 0.15) is 5.52 Å². The maximum absolute atomic E-state index is 6.20.